The fourth-order valence-corrected chi connectivity index (χ4v) is 1.80. The van der Waals surface area contributed by atoms with Crippen LogP contribution in [0, 0.1) is 0 Å². The quantitative estimate of drug-likeness (QED) is 0.539. The minimum absolute atomic E-state index is 1.10. The van der Waals surface area contributed by atoms with E-state index in [-0.39, 0.29) is 0 Å². The van der Waals surface area contributed by atoms with Crippen LogP contribution in [0.2, 0.25) is 0 Å². The first-order valence-electron chi connectivity index (χ1n) is 3.15. The molecule has 11 heavy (non-hydrogen) atoms. The van der Waals surface area contributed by atoms with Crippen molar-refractivity contribution in [1.29, 1.82) is 0 Å². The van der Waals surface area contributed by atoms with Gasteiger partial charge in [0.2, 0.25) is 0 Å². The standard InChI is InChI=1S/C7H6N2S2/c10-11-9-4-2-6-1-3-8-5-7(6)9/h1-5,10H. The minimum atomic E-state index is 1.10. The SMILES string of the molecule is SSn1ccc2ccncc21. The van der Waals surface area contributed by atoms with Crippen LogP contribution in [-0.2, 0) is 0 Å². The van der Waals surface area contributed by atoms with Gasteiger partial charge in [-0.15, -0.1) is 0 Å². The van der Waals surface area contributed by atoms with Crippen LogP contribution in [0.1, 0.15) is 0 Å². The first-order valence-corrected chi connectivity index (χ1v) is 4.97. The molecule has 0 saturated carbocycles. The van der Waals surface area contributed by atoms with Crippen LogP contribution in [0.15, 0.2) is 30.7 Å². The maximum atomic E-state index is 4.10. The zero-order chi connectivity index (χ0) is 7.68. The van der Waals surface area contributed by atoms with Crippen LogP contribution in [-0.4, -0.2) is 8.96 Å². The Bertz CT molecular complexity index is 369. The summed E-state index contributed by atoms with van der Waals surface area (Å²) >= 11 is 4.10. The van der Waals surface area contributed by atoms with Gasteiger partial charge in [-0.2, -0.15) is 0 Å². The Morgan fingerprint density at radius 2 is 2.36 bits per heavy atom. The molecule has 0 N–H and O–H groups in total. The summed E-state index contributed by atoms with van der Waals surface area (Å²) in [6.45, 7) is 0. The van der Waals surface area contributed by atoms with E-state index in [2.05, 4.69) is 16.6 Å². The van der Waals surface area contributed by atoms with Crippen molar-refractivity contribution in [2.45, 2.75) is 0 Å². The Balaban J connectivity index is 2.76. The Hall–Kier alpha value is -0.610. The molecule has 0 aromatic carbocycles. The maximum Gasteiger partial charge on any atom is 0.0782 e. The summed E-state index contributed by atoms with van der Waals surface area (Å²) < 4.78 is 1.96. The number of hydrogen-bond donors (Lipinski definition) is 1. The molecule has 2 aromatic heterocycles. The van der Waals surface area contributed by atoms with Gasteiger partial charge in [0.1, 0.15) is 0 Å². The molecule has 0 aliphatic heterocycles. The highest BCUT2D eigenvalue weighted by molar-refractivity contribution is 8.68. The van der Waals surface area contributed by atoms with Gasteiger partial charge >= 0.3 is 0 Å². The second kappa shape index (κ2) is 2.79. The number of fused-ring (bicyclic) bond motifs is 1. The van der Waals surface area contributed by atoms with Gasteiger partial charge in [-0.25, -0.2) is 0 Å². The Morgan fingerprint density at radius 1 is 1.45 bits per heavy atom. The summed E-state index contributed by atoms with van der Waals surface area (Å²) in [5.74, 6) is 0. The molecule has 0 unspecified atom stereocenters. The number of thiol groups is 1. The van der Waals surface area contributed by atoms with E-state index in [1.165, 1.54) is 16.4 Å². The van der Waals surface area contributed by atoms with E-state index in [1.807, 2.05) is 28.5 Å². The smallest absolute Gasteiger partial charge is 0.0782 e. The maximum absolute atomic E-state index is 4.10. The van der Waals surface area contributed by atoms with Crippen LogP contribution in [0.5, 0.6) is 0 Å². The molecule has 0 spiro atoms. The molecular weight excluding hydrogens is 176 g/mol. The van der Waals surface area contributed by atoms with Gasteiger partial charge in [0.25, 0.3) is 0 Å². The lowest BCUT2D eigenvalue weighted by Gasteiger charge is -1.95. The summed E-state index contributed by atoms with van der Waals surface area (Å²) in [5.41, 5.74) is 1.10. The van der Waals surface area contributed by atoms with Crippen LogP contribution in [0.25, 0.3) is 10.9 Å². The number of nitrogens with zero attached hydrogens (tertiary/aromatic N) is 2. The van der Waals surface area contributed by atoms with E-state index < -0.39 is 0 Å². The predicted octanol–water partition coefficient (Wildman–Crippen LogP) is 2.38. The molecular formula is C7H6N2S2. The Morgan fingerprint density at radius 3 is 3.18 bits per heavy atom. The predicted molar refractivity (Wildman–Crippen MR) is 51.7 cm³/mol. The molecule has 4 heteroatoms. The van der Waals surface area contributed by atoms with E-state index in [1.54, 1.807) is 6.20 Å². The van der Waals surface area contributed by atoms with Crippen molar-refractivity contribution in [1.82, 2.24) is 8.96 Å². The fraction of sp³-hybridized carbons (Fsp3) is 0. The summed E-state index contributed by atoms with van der Waals surface area (Å²) in [5, 5.41) is 1.20. The summed E-state index contributed by atoms with van der Waals surface area (Å²) in [6, 6.07) is 4.02. The van der Waals surface area contributed by atoms with Crippen molar-refractivity contribution in [2.75, 3.05) is 0 Å². The van der Waals surface area contributed by atoms with Gasteiger partial charge in [0, 0.05) is 28.8 Å². The average molecular weight is 182 g/mol. The normalized spacial score (nSPS) is 10.6. The zero-order valence-corrected chi connectivity index (χ0v) is 7.35. The van der Waals surface area contributed by atoms with E-state index in [9.17, 15) is 0 Å². The molecule has 0 amide bonds. The zero-order valence-electron chi connectivity index (χ0n) is 5.64. The lowest BCUT2D eigenvalue weighted by molar-refractivity contribution is 1.30. The fourth-order valence-electron chi connectivity index (χ4n) is 1.02. The second-order valence-electron chi connectivity index (χ2n) is 2.16. The first kappa shape index (κ1) is 7.06. The Kier molecular flexibility index (Phi) is 1.79. The molecule has 0 aliphatic carbocycles. The van der Waals surface area contributed by atoms with Gasteiger partial charge < -0.3 is 0 Å². The van der Waals surface area contributed by atoms with Gasteiger partial charge in [-0.3, -0.25) is 8.96 Å². The van der Waals surface area contributed by atoms with Crippen LogP contribution >= 0.6 is 22.6 Å². The molecule has 2 aromatic rings. The van der Waals surface area contributed by atoms with E-state index >= 15 is 0 Å². The molecule has 0 atom stereocenters. The lowest BCUT2D eigenvalue weighted by Crippen LogP contribution is -1.78. The van der Waals surface area contributed by atoms with Crippen LogP contribution in [0.3, 0.4) is 0 Å². The van der Waals surface area contributed by atoms with Gasteiger partial charge in [0.15, 0.2) is 0 Å². The van der Waals surface area contributed by atoms with Crippen molar-refractivity contribution < 1.29 is 0 Å². The topological polar surface area (TPSA) is 17.8 Å². The first-order chi connectivity index (χ1) is 5.42. The average Bonchev–Trinajstić information content (AvgIpc) is 2.47. The molecule has 0 fully saturated rings. The van der Waals surface area contributed by atoms with Crippen molar-refractivity contribution in [2.24, 2.45) is 0 Å². The van der Waals surface area contributed by atoms with Crippen molar-refractivity contribution in [3.8, 4) is 0 Å². The molecule has 0 saturated heterocycles. The number of pyridine rings is 1. The highest BCUT2D eigenvalue weighted by Crippen LogP contribution is 2.20. The second-order valence-corrected chi connectivity index (χ2v) is 3.20. The van der Waals surface area contributed by atoms with Crippen LogP contribution in [0.4, 0.5) is 0 Å². The summed E-state index contributed by atoms with van der Waals surface area (Å²) in [4.78, 5) is 4.03. The monoisotopic (exact) mass is 182 g/mol. The third kappa shape index (κ3) is 1.12. The molecule has 0 bridgehead atoms. The summed E-state index contributed by atoms with van der Waals surface area (Å²) in [7, 11) is 1.38. The van der Waals surface area contributed by atoms with Crippen molar-refractivity contribution in [3.63, 3.8) is 0 Å². The lowest BCUT2D eigenvalue weighted by atomic mass is 10.3. The third-order valence-electron chi connectivity index (χ3n) is 1.55. The third-order valence-corrected chi connectivity index (χ3v) is 2.57. The number of aromatic nitrogens is 2. The van der Waals surface area contributed by atoms with E-state index in [4.69, 9.17) is 0 Å². The van der Waals surface area contributed by atoms with Gasteiger partial charge in [0.05, 0.1) is 11.7 Å². The van der Waals surface area contributed by atoms with Crippen molar-refractivity contribution in [3.05, 3.63) is 30.7 Å². The van der Waals surface area contributed by atoms with E-state index in [0.717, 1.165) is 5.52 Å². The largest absolute Gasteiger partial charge is 0.281 e. The molecule has 2 nitrogen and oxygen atoms in total. The summed E-state index contributed by atoms with van der Waals surface area (Å²) in [6.07, 6.45) is 5.60. The molecule has 56 valence electrons. The van der Waals surface area contributed by atoms with E-state index in [0.29, 0.717) is 0 Å². The number of hydrogen-bond acceptors (Lipinski definition) is 3. The van der Waals surface area contributed by atoms with Gasteiger partial charge in [-0.1, -0.05) is 11.7 Å². The van der Waals surface area contributed by atoms with Crippen LogP contribution < -0.4 is 0 Å². The highest BCUT2D eigenvalue weighted by Gasteiger charge is 1.97. The number of rotatable bonds is 1. The molecule has 0 radical (unpaired) electrons. The molecule has 2 heterocycles. The molecule has 0 aliphatic rings. The van der Waals surface area contributed by atoms with Crippen molar-refractivity contribution >= 4 is 33.5 Å². The minimum Gasteiger partial charge on any atom is -0.281 e. The Labute approximate surface area is 73.6 Å². The highest BCUT2D eigenvalue weighted by atomic mass is 33.1. The molecule has 2 rings (SSSR count). The van der Waals surface area contributed by atoms with Gasteiger partial charge in [-0.05, 0) is 12.1 Å².